The number of aliphatic hydroxyl groups is 2. The predicted molar refractivity (Wildman–Crippen MR) is 43.3 cm³/mol. The van der Waals surface area contributed by atoms with Crippen LogP contribution in [0.3, 0.4) is 0 Å². The van der Waals surface area contributed by atoms with Gasteiger partial charge >= 0.3 is 0 Å². The summed E-state index contributed by atoms with van der Waals surface area (Å²) in [6, 6.07) is 0. The van der Waals surface area contributed by atoms with E-state index in [9.17, 15) is 25.9 Å². The maximum Gasteiger partial charge on any atom is 0.0968 e. The Balaban J connectivity index is 0. The van der Waals surface area contributed by atoms with Gasteiger partial charge in [-0.05, 0) is 0 Å². The van der Waals surface area contributed by atoms with E-state index in [-0.39, 0.29) is 0 Å². The van der Waals surface area contributed by atoms with E-state index in [4.69, 9.17) is 10.2 Å². The quantitative estimate of drug-likeness (QED) is 0.501. The first-order valence-corrected chi connectivity index (χ1v) is 6.36. The van der Waals surface area contributed by atoms with E-state index < -0.39 is 45.0 Å². The molecular weight excluding hydrogens is 240 g/mol. The highest BCUT2D eigenvalue weighted by Crippen LogP contribution is 1.76. The third kappa shape index (κ3) is 22.6. The van der Waals surface area contributed by atoms with Crippen molar-refractivity contribution in [1.82, 2.24) is 0 Å². The Labute approximate surface area is 81.7 Å². The highest BCUT2D eigenvalue weighted by molar-refractivity contribution is 7.85. The SMILES string of the molecule is O=S(=O)([O-])CCO.O=S(=O)([O-])CCO. The van der Waals surface area contributed by atoms with Crippen molar-refractivity contribution in [3.05, 3.63) is 0 Å². The molecule has 2 N–H and O–H groups in total. The van der Waals surface area contributed by atoms with Gasteiger partial charge in [0.15, 0.2) is 0 Å². The van der Waals surface area contributed by atoms with Gasteiger partial charge in [0.1, 0.15) is 0 Å². The molecule has 0 aromatic rings. The van der Waals surface area contributed by atoms with Gasteiger partial charge in [-0.1, -0.05) is 0 Å². The minimum absolute atomic E-state index is 0.591. The maximum atomic E-state index is 9.52. The fourth-order valence-corrected chi connectivity index (χ4v) is 0.671. The fourth-order valence-electron chi connectivity index (χ4n) is 0.224. The Morgan fingerprint density at radius 1 is 0.786 bits per heavy atom. The Kier molecular flexibility index (Phi) is 8.19. The standard InChI is InChI=1S/2C2H6O4S/c2*3-1-2-7(4,5)6/h2*3H,1-2H2,(H,4,5,6)/p-2. The van der Waals surface area contributed by atoms with E-state index in [2.05, 4.69) is 0 Å². The molecule has 10 heteroatoms. The molecule has 0 aromatic carbocycles. The zero-order valence-electron chi connectivity index (χ0n) is 6.99. The lowest BCUT2D eigenvalue weighted by atomic mass is 10.9. The first-order chi connectivity index (χ1) is 6.12. The van der Waals surface area contributed by atoms with Gasteiger partial charge in [-0.25, -0.2) is 16.8 Å². The molecule has 0 radical (unpaired) electrons. The first-order valence-electron chi connectivity index (χ1n) is 3.21. The van der Waals surface area contributed by atoms with Gasteiger partial charge in [-0.15, -0.1) is 0 Å². The molecule has 0 fully saturated rings. The lowest BCUT2D eigenvalue weighted by molar-refractivity contribution is 0.313. The molecule has 8 nitrogen and oxygen atoms in total. The van der Waals surface area contributed by atoms with Crippen LogP contribution >= 0.6 is 0 Å². The van der Waals surface area contributed by atoms with Crippen LogP contribution in [0.5, 0.6) is 0 Å². The molecule has 14 heavy (non-hydrogen) atoms. The van der Waals surface area contributed by atoms with E-state index >= 15 is 0 Å². The monoisotopic (exact) mass is 250 g/mol. The molecule has 0 heterocycles. The largest absolute Gasteiger partial charge is 0.748 e. The third-order valence-electron chi connectivity index (χ3n) is 0.683. The van der Waals surface area contributed by atoms with Crippen LogP contribution in [0.25, 0.3) is 0 Å². The number of rotatable bonds is 4. The summed E-state index contributed by atoms with van der Waals surface area (Å²) in [4.78, 5) is 0. The normalized spacial score (nSPS) is 11.7. The van der Waals surface area contributed by atoms with Gasteiger partial charge < -0.3 is 19.3 Å². The number of hydrogen-bond acceptors (Lipinski definition) is 8. The van der Waals surface area contributed by atoms with Crippen LogP contribution < -0.4 is 0 Å². The second kappa shape index (κ2) is 7.09. The van der Waals surface area contributed by atoms with Crippen molar-refractivity contribution in [2.45, 2.75) is 0 Å². The van der Waals surface area contributed by atoms with Crippen molar-refractivity contribution in [1.29, 1.82) is 0 Å². The second-order valence-electron chi connectivity index (χ2n) is 1.97. The summed E-state index contributed by atoms with van der Waals surface area (Å²) in [5, 5.41) is 15.6. The molecule has 88 valence electrons. The molecule has 0 bridgehead atoms. The van der Waals surface area contributed by atoms with Crippen molar-refractivity contribution in [3.8, 4) is 0 Å². The van der Waals surface area contributed by atoms with E-state index in [0.717, 1.165) is 0 Å². The molecular formula is C4H10O8S2-2. The minimum atomic E-state index is -4.17. The topological polar surface area (TPSA) is 155 Å². The highest BCUT2D eigenvalue weighted by Gasteiger charge is 1.88. The second-order valence-corrected chi connectivity index (χ2v) is 5.02. The Hall–Kier alpha value is -0.260. The molecule has 0 aliphatic rings. The lowest BCUT2D eigenvalue weighted by Gasteiger charge is -2.00. The molecule has 0 aliphatic carbocycles. The van der Waals surface area contributed by atoms with Gasteiger partial charge in [0.2, 0.25) is 0 Å². The van der Waals surface area contributed by atoms with Crippen LogP contribution in [0.4, 0.5) is 0 Å². The zero-order valence-corrected chi connectivity index (χ0v) is 8.62. The molecule has 0 amide bonds. The summed E-state index contributed by atoms with van der Waals surface area (Å²) < 4.78 is 57.1. The number of aliphatic hydroxyl groups excluding tert-OH is 2. The summed E-state index contributed by atoms with van der Waals surface area (Å²) in [7, 11) is -8.35. The summed E-state index contributed by atoms with van der Waals surface area (Å²) >= 11 is 0. The zero-order chi connectivity index (χ0) is 11.8. The van der Waals surface area contributed by atoms with Crippen LogP contribution in [0.1, 0.15) is 0 Å². The average molecular weight is 250 g/mol. The van der Waals surface area contributed by atoms with Crippen LogP contribution in [0.15, 0.2) is 0 Å². The van der Waals surface area contributed by atoms with Crippen molar-refractivity contribution >= 4 is 20.2 Å². The number of hydrogen-bond donors (Lipinski definition) is 2. The summed E-state index contributed by atoms with van der Waals surface area (Å²) in [6.45, 7) is -1.18. The molecule has 0 aliphatic heterocycles. The van der Waals surface area contributed by atoms with Crippen LogP contribution in [-0.2, 0) is 20.2 Å². The van der Waals surface area contributed by atoms with Crippen LogP contribution in [0, 0.1) is 0 Å². The maximum absolute atomic E-state index is 9.52. The van der Waals surface area contributed by atoms with Crippen LogP contribution in [0.2, 0.25) is 0 Å². The van der Waals surface area contributed by atoms with E-state index in [1.165, 1.54) is 0 Å². The Morgan fingerprint density at radius 2 is 1.00 bits per heavy atom. The third-order valence-corrected chi connectivity index (χ3v) is 2.05. The smallest absolute Gasteiger partial charge is 0.0968 e. The highest BCUT2D eigenvalue weighted by atomic mass is 32.2. The Morgan fingerprint density at radius 3 is 1.00 bits per heavy atom. The molecule has 0 atom stereocenters. The lowest BCUT2D eigenvalue weighted by Crippen LogP contribution is -2.07. The fraction of sp³-hybridized carbons (Fsp3) is 1.00. The first kappa shape index (κ1) is 16.2. The predicted octanol–water partition coefficient (Wildman–Crippen LogP) is -2.95. The van der Waals surface area contributed by atoms with E-state index in [1.54, 1.807) is 0 Å². The van der Waals surface area contributed by atoms with Gasteiger partial charge in [-0.2, -0.15) is 0 Å². The van der Waals surface area contributed by atoms with Crippen molar-refractivity contribution in [2.24, 2.45) is 0 Å². The summed E-state index contributed by atoms with van der Waals surface area (Å²) in [5.41, 5.74) is 0. The molecule has 0 spiro atoms. The van der Waals surface area contributed by atoms with Gasteiger partial charge in [-0.3, -0.25) is 0 Å². The molecule has 0 saturated heterocycles. The molecule has 0 saturated carbocycles. The van der Waals surface area contributed by atoms with Gasteiger partial charge in [0.25, 0.3) is 0 Å². The average Bonchev–Trinajstić information content (AvgIpc) is 1.81. The summed E-state index contributed by atoms with van der Waals surface area (Å²) in [5.74, 6) is -1.38. The Bertz CT molecular complexity index is 279. The van der Waals surface area contributed by atoms with E-state index in [0.29, 0.717) is 0 Å². The van der Waals surface area contributed by atoms with E-state index in [1.807, 2.05) is 0 Å². The van der Waals surface area contributed by atoms with Gasteiger partial charge in [0.05, 0.1) is 45.0 Å². The minimum Gasteiger partial charge on any atom is -0.748 e. The molecule has 0 aromatic heterocycles. The molecule has 0 rings (SSSR count). The van der Waals surface area contributed by atoms with Crippen molar-refractivity contribution in [2.75, 3.05) is 24.7 Å². The molecule has 0 unspecified atom stereocenters. The summed E-state index contributed by atoms with van der Waals surface area (Å²) in [6.07, 6.45) is 0. The van der Waals surface area contributed by atoms with Gasteiger partial charge in [0, 0.05) is 0 Å². The van der Waals surface area contributed by atoms with Crippen LogP contribution in [-0.4, -0.2) is 60.9 Å². The van der Waals surface area contributed by atoms with Crippen molar-refractivity contribution in [3.63, 3.8) is 0 Å². The van der Waals surface area contributed by atoms with Crippen molar-refractivity contribution < 1.29 is 36.2 Å².